The van der Waals surface area contributed by atoms with Crippen molar-refractivity contribution < 1.29 is 5.11 Å². The number of likely N-dealkylation sites (N-methyl/N-ethyl adjacent to an activating group) is 1. The van der Waals surface area contributed by atoms with Crippen molar-refractivity contribution in [1.82, 2.24) is 10.2 Å². The monoisotopic (exact) mass is 282 g/mol. The van der Waals surface area contributed by atoms with Gasteiger partial charge in [0.2, 0.25) is 0 Å². The first-order valence-corrected chi connectivity index (χ1v) is 8.66. The molecule has 0 amide bonds. The van der Waals surface area contributed by atoms with E-state index in [1.807, 2.05) is 7.05 Å². The molecule has 1 saturated heterocycles. The largest absolute Gasteiger partial charge is 0.394 e. The Balaban J connectivity index is 1.84. The van der Waals surface area contributed by atoms with Gasteiger partial charge in [0, 0.05) is 12.1 Å². The van der Waals surface area contributed by atoms with Crippen molar-refractivity contribution in [2.45, 2.75) is 64.3 Å². The third kappa shape index (κ3) is 3.05. The molecule has 0 bridgehead atoms. The van der Waals surface area contributed by atoms with Crippen LogP contribution in [-0.4, -0.2) is 48.8 Å². The Hall–Kier alpha value is -0.120. The van der Waals surface area contributed by atoms with Crippen molar-refractivity contribution in [3.05, 3.63) is 0 Å². The summed E-state index contributed by atoms with van der Waals surface area (Å²) in [5, 5.41) is 13.2. The van der Waals surface area contributed by atoms with Crippen LogP contribution in [0.15, 0.2) is 0 Å². The van der Waals surface area contributed by atoms with Crippen molar-refractivity contribution >= 4 is 0 Å². The zero-order valence-corrected chi connectivity index (χ0v) is 13.7. The lowest BCUT2D eigenvalue weighted by molar-refractivity contribution is 0.118. The molecule has 3 nitrogen and oxygen atoms in total. The Morgan fingerprint density at radius 2 is 2.00 bits per heavy atom. The van der Waals surface area contributed by atoms with Gasteiger partial charge in [-0.2, -0.15) is 0 Å². The van der Waals surface area contributed by atoms with Gasteiger partial charge in [0.1, 0.15) is 0 Å². The predicted octanol–water partition coefficient (Wildman–Crippen LogP) is 2.64. The molecule has 2 aliphatic rings. The number of hydrogen-bond acceptors (Lipinski definition) is 3. The van der Waals surface area contributed by atoms with Gasteiger partial charge in [-0.1, -0.05) is 20.3 Å². The predicted molar refractivity (Wildman–Crippen MR) is 84.9 cm³/mol. The van der Waals surface area contributed by atoms with Crippen LogP contribution in [0.2, 0.25) is 0 Å². The van der Waals surface area contributed by atoms with E-state index in [9.17, 15) is 5.11 Å². The van der Waals surface area contributed by atoms with Gasteiger partial charge in [0.05, 0.1) is 6.61 Å². The summed E-state index contributed by atoms with van der Waals surface area (Å²) in [6.07, 6.45) is 8.94. The molecule has 2 unspecified atom stereocenters. The average molecular weight is 282 g/mol. The molecule has 2 atom stereocenters. The van der Waals surface area contributed by atoms with E-state index in [0.717, 1.165) is 6.42 Å². The molecule has 3 heteroatoms. The molecule has 2 N–H and O–H groups in total. The van der Waals surface area contributed by atoms with Crippen molar-refractivity contribution in [2.75, 3.05) is 33.3 Å². The highest BCUT2D eigenvalue weighted by molar-refractivity contribution is 4.98. The molecule has 0 aromatic heterocycles. The molecule has 20 heavy (non-hydrogen) atoms. The second kappa shape index (κ2) is 6.76. The summed E-state index contributed by atoms with van der Waals surface area (Å²) in [5.41, 5.74) is 0.596. The molecule has 0 spiro atoms. The second-order valence-corrected chi connectivity index (χ2v) is 7.18. The first-order chi connectivity index (χ1) is 9.63. The van der Waals surface area contributed by atoms with Gasteiger partial charge in [0.15, 0.2) is 0 Å². The molecule has 1 aliphatic carbocycles. The number of nitrogens with one attached hydrogen (secondary N) is 1. The summed E-state index contributed by atoms with van der Waals surface area (Å²) in [5.74, 6) is 0.649. The minimum Gasteiger partial charge on any atom is -0.394 e. The molecule has 1 heterocycles. The summed E-state index contributed by atoms with van der Waals surface area (Å²) in [6, 6.07) is 0. The van der Waals surface area contributed by atoms with Gasteiger partial charge in [-0.25, -0.2) is 0 Å². The lowest BCUT2D eigenvalue weighted by atomic mass is 9.82. The standard InChI is InChI=1S/C17H34N2O/c1-4-16(5-2)10-12-19(13-16)11-8-15-7-6-9-17(15,14-20)18-3/h15,18,20H,4-14H2,1-3H3. The first kappa shape index (κ1) is 16.3. The van der Waals surface area contributed by atoms with E-state index >= 15 is 0 Å². The fraction of sp³-hybridized carbons (Fsp3) is 1.00. The molecular formula is C17H34N2O. The van der Waals surface area contributed by atoms with Crippen molar-refractivity contribution in [3.63, 3.8) is 0 Å². The zero-order chi connectivity index (χ0) is 14.6. The van der Waals surface area contributed by atoms with Crippen molar-refractivity contribution in [3.8, 4) is 0 Å². The Kier molecular flexibility index (Phi) is 5.49. The Morgan fingerprint density at radius 3 is 2.55 bits per heavy atom. The van der Waals surface area contributed by atoms with Crippen molar-refractivity contribution in [1.29, 1.82) is 0 Å². The van der Waals surface area contributed by atoms with E-state index in [1.54, 1.807) is 0 Å². The maximum Gasteiger partial charge on any atom is 0.0615 e. The SMILES string of the molecule is CCC1(CC)CCN(CCC2CCCC2(CO)NC)C1. The number of hydrogen-bond donors (Lipinski definition) is 2. The van der Waals surface area contributed by atoms with Crippen LogP contribution >= 0.6 is 0 Å². The van der Waals surface area contributed by atoms with Gasteiger partial charge < -0.3 is 15.3 Å². The van der Waals surface area contributed by atoms with Crippen molar-refractivity contribution in [2.24, 2.45) is 11.3 Å². The van der Waals surface area contributed by atoms with Crippen LogP contribution < -0.4 is 5.32 Å². The second-order valence-electron chi connectivity index (χ2n) is 7.18. The third-order valence-corrected chi connectivity index (χ3v) is 6.55. The highest BCUT2D eigenvalue weighted by Gasteiger charge is 2.41. The number of nitrogens with zero attached hydrogens (tertiary/aromatic N) is 1. The van der Waals surface area contributed by atoms with Crippen LogP contribution in [0.4, 0.5) is 0 Å². The summed E-state index contributed by atoms with van der Waals surface area (Å²) in [6.45, 7) is 8.78. The van der Waals surface area contributed by atoms with Crippen LogP contribution in [-0.2, 0) is 0 Å². The molecular weight excluding hydrogens is 248 g/mol. The third-order valence-electron chi connectivity index (χ3n) is 6.55. The Labute approximate surface area is 125 Å². The van der Waals surface area contributed by atoms with Gasteiger partial charge >= 0.3 is 0 Å². The van der Waals surface area contributed by atoms with E-state index in [2.05, 4.69) is 24.1 Å². The average Bonchev–Trinajstić information content (AvgIpc) is 3.10. The molecule has 0 aromatic rings. The molecule has 1 saturated carbocycles. The maximum atomic E-state index is 9.76. The van der Waals surface area contributed by atoms with Gasteiger partial charge in [0.25, 0.3) is 0 Å². The van der Waals surface area contributed by atoms with Crippen LogP contribution in [0, 0.1) is 11.3 Å². The van der Waals surface area contributed by atoms with Gasteiger partial charge in [-0.3, -0.25) is 0 Å². The van der Waals surface area contributed by atoms with E-state index in [1.165, 1.54) is 58.2 Å². The normalized spacial score (nSPS) is 33.9. The van der Waals surface area contributed by atoms with E-state index in [0.29, 0.717) is 17.9 Å². The summed E-state index contributed by atoms with van der Waals surface area (Å²) >= 11 is 0. The molecule has 2 rings (SSSR count). The first-order valence-electron chi connectivity index (χ1n) is 8.66. The topological polar surface area (TPSA) is 35.5 Å². The quantitative estimate of drug-likeness (QED) is 0.753. The summed E-state index contributed by atoms with van der Waals surface area (Å²) in [4.78, 5) is 2.67. The van der Waals surface area contributed by atoms with Gasteiger partial charge in [-0.15, -0.1) is 0 Å². The molecule has 0 aromatic carbocycles. The number of rotatable bonds is 7. The molecule has 0 radical (unpaired) electrons. The van der Waals surface area contributed by atoms with Crippen LogP contribution in [0.1, 0.15) is 58.8 Å². The van der Waals surface area contributed by atoms with Gasteiger partial charge in [-0.05, 0) is 70.0 Å². The zero-order valence-electron chi connectivity index (χ0n) is 13.7. The fourth-order valence-corrected chi connectivity index (χ4v) is 4.57. The fourth-order valence-electron chi connectivity index (χ4n) is 4.57. The maximum absolute atomic E-state index is 9.76. The Morgan fingerprint density at radius 1 is 1.25 bits per heavy atom. The van der Waals surface area contributed by atoms with Crippen LogP contribution in [0.25, 0.3) is 0 Å². The minimum atomic E-state index is 0.00628. The Bertz CT molecular complexity index is 297. The highest BCUT2D eigenvalue weighted by Crippen LogP contribution is 2.40. The lowest BCUT2D eigenvalue weighted by Crippen LogP contribution is -2.50. The summed E-state index contributed by atoms with van der Waals surface area (Å²) in [7, 11) is 2.02. The number of likely N-dealkylation sites (tertiary alicyclic amines) is 1. The minimum absolute atomic E-state index is 0.00628. The molecule has 1 aliphatic heterocycles. The van der Waals surface area contributed by atoms with Crippen LogP contribution in [0.3, 0.4) is 0 Å². The van der Waals surface area contributed by atoms with Crippen LogP contribution in [0.5, 0.6) is 0 Å². The highest BCUT2D eigenvalue weighted by atomic mass is 16.3. The van der Waals surface area contributed by atoms with E-state index < -0.39 is 0 Å². The molecule has 2 fully saturated rings. The van der Waals surface area contributed by atoms with E-state index in [-0.39, 0.29) is 5.54 Å². The van der Waals surface area contributed by atoms with E-state index in [4.69, 9.17) is 0 Å². The number of aliphatic hydroxyl groups excluding tert-OH is 1. The smallest absolute Gasteiger partial charge is 0.0615 e. The summed E-state index contributed by atoms with van der Waals surface area (Å²) < 4.78 is 0. The lowest BCUT2D eigenvalue weighted by Gasteiger charge is -2.35. The molecule has 118 valence electrons. The number of aliphatic hydroxyl groups is 1.